The van der Waals surface area contributed by atoms with E-state index in [-0.39, 0.29) is 30.1 Å². The summed E-state index contributed by atoms with van der Waals surface area (Å²) in [7, 11) is 1.60. The van der Waals surface area contributed by atoms with Crippen LogP contribution in [0.3, 0.4) is 0 Å². The molecule has 2 aromatic carbocycles. The number of morpholine rings is 1. The summed E-state index contributed by atoms with van der Waals surface area (Å²) in [4.78, 5) is 25.4. The van der Waals surface area contributed by atoms with Crippen LogP contribution in [0.25, 0.3) is 0 Å². The fraction of sp³-hybridized carbons (Fsp3) is 0.364. The SMILES string of the molecule is COc1ccc(CNC(=O)N2CCOC(COc3ccc(C(C)=O)c(F)c3)C2)cc1. The van der Waals surface area contributed by atoms with Crippen LogP contribution in [-0.4, -0.2) is 56.2 Å². The van der Waals surface area contributed by atoms with Crippen LogP contribution >= 0.6 is 0 Å². The molecule has 1 heterocycles. The number of hydrogen-bond acceptors (Lipinski definition) is 5. The number of hydrogen-bond donors (Lipinski definition) is 1. The van der Waals surface area contributed by atoms with Gasteiger partial charge in [-0.15, -0.1) is 0 Å². The number of rotatable bonds is 7. The highest BCUT2D eigenvalue weighted by Gasteiger charge is 2.24. The monoisotopic (exact) mass is 416 g/mol. The number of amides is 2. The van der Waals surface area contributed by atoms with Gasteiger partial charge in [0.05, 0.1) is 25.8 Å². The maximum Gasteiger partial charge on any atom is 0.317 e. The molecule has 0 saturated carbocycles. The van der Waals surface area contributed by atoms with Gasteiger partial charge < -0.3 is 24.4 Å². The average Bonchev–Trinajstić information content (AvgIpc) is 2.76. The lowest BCUT2D eigenvalue weighted by atomic mass is 10.1. The van der Waals surface area contributed by atoms with E-state index >= 15 is 0 Å². The largest absolute Gasteiger partial charge is 0.497 e. The van der Waals surface area contributed by atoms with Gasteiger partial charge in [-0.1, -0.05) is 12.1 Å². The Morgan fingerprint density at radius 3 is 2.60 bits per heavy atom. The summed E-state index contributed by atoms with van der Waals surface area (Å²) in [5, 5.41) is 2.89. The fourth-order valence-corrected chi connectivity index (χ4v) is 3.10. The van der Waals surface area contributed by atoms with Crippen LogP contribution in [0.15, 0.2) is 42.5 Å². The molecule has 1 unspecified atom stereocenters. The summed E-state index contributed by atoms with van der Waals surface area (Å²) in [6, 6.07) is 11.4. The lowest BCUT2D eigenvalue weighted by molar-refractivity contribution is -0.0352. The first-order chi connectivity index (χ1) is 14.5. The number of ether oxygens (including phenoxy) is 3. The Bertz CT molecular complexity index is 888. The van der Waals surface area contributed by atoms with E-state index in [1.54, 1.807) is 18.1 Å². The standard InChI is InChI=1S/C22H25FN2O5/c1-15(26)20-8-7-18(11-21(20)23)30-14-19-13-25(9-10-29-19)22(27)24-12-16-3-5-17(28-2)6-4-16/h3-8,11,19H,9-10,12-14H2,1-2H3,(H,24,27). The lowest BCUT2D eigenvalue weighted by Gasteiger charge is -2.32. The number of methoxy groups -OCH3 is 1. The molecule has 0 aromatic heterocycles. The number of urea groups is 1. The molecule has 8 heteroatoms. The van der Waals surface area contributed by atoms with Crippen molar-refractivity contribution in [3.05, 3.63) is 59.4 Å². The third-order valence-corrected chi connectivity index (χ3v) is 4.78. The molecule has 1 N–H and O–H groups in total. The van der Waals surface area contributed by atoms with E-state index in [9.17, 15) is 14.0 Å². The second-order valence-corrected chi connectivity index (χ2v) is 6.95. The van der Waals surface area contributed by atoms with Crippen LogP contribution < -0.4 is 14.8 Å². The maximum atomic E-state index is 13.9. The van der Waals surface area contributed by atoms with Gasteiger partial charge in [0.15, 0.2) is 5.78 Å². The number of Topliss-reactive ketones (excluding diaryl/α,β-unsaturated/α-hetero) is 1. The van der Waals surface area contributed by atoms with Crippen molar-refractivity contribution in [2.45, 2.75) is 19.6 Å². The molecule has 30 heavy (non-hydrogen) atoms. The number of carbonyl (C=O) groups excluding carboxylic acids is 2. The maximum absolute atomic E-state index is 13.9. The summed E-state index contributed by atoms with van der Waals surface area (Å²) in [5.74, 6) is 0.106. The first-order valence-electron chi connectivity index (χ1n) is 9.67. The molecule has 1 saturated heterocycles. The zero-order chi connectivity index (χ0) is 21.5. The van der Waals surface area contributed by atoms with E-state index in [1.165, 1.54) is 19.1 Å². The number of carbonyl (C=O) groups is 2. The molecule has 160 valence electrons. The highest BCUT2D eigenvalue weighted by Crippen LogP contribution is 2.18. The topological polar surface area (TPSA) is 77.1 Å². The molecule has 1 aliphatic rings. The molecule has 1 atom stereocenters. The van der Waals surface area contributed by atoms with Gasteiger partial charge in [0.2, 0.25) is 0 Å². The zero-order valence-electron chi connectivity index (χ0n) is 17.0. The molecule has 3 rings (SSSR count). The molecular formula is C22H25FN2O5. The Balaban J connectivity index is 1.47. The second kappa shape index (κ2) is 10.1. The first kappa shape index (κ1) is 21.6. The number of nitrogens with one attached hydrogen (secondary N) is 1. The Hall–Kier alpha value is -3.13. The quantitative estimate of drug-likeness (QED) is 0.702. The minimum absolute atomic E-state index is 0.0240. The smallest absolute Gasteiger partial charge is 0.317 e. The summed E-state index contributed by atoms with van der Waals surface area (Å²) in [6.07, 6.45) is -0.332. The van der Waals surface area contributed by atoms with Crippen molar-refractivity contribution in [3.63, 3.8) is 0 Å². The minimum atomic E-state index is -0.621. The summed E-state index contributed by atoms with van der Waals surface area (Å²) >= 11 is 0. The van der Waals surface area contributed by atoms with E-state index in [2.05, 4.69) is 5.32 Å². The van der Waals surface area contributed by atoms with Gasteiger partial charge in [0, 0.05) is 19.2 Å². The molecule has 0 aliphatic carbocycles. The Morgan fingerprint density at radius 2 is 1.93 bits per heavy atom. The number of ketones is 1. The molecule has 7 nitrogen and oxygen atoms in total. The van der Waals surface area contributed by atoms with Crippen LogP contribution in [-0.2, 0) is 11.3 Å². The van der Waals surface area contributed by atoms with E-state index in [0.29, 0.717) is 32.0 Å². The molecule has 1 aliphatic heterocycles. The van der Waals surface area contributed by atoms with E-state index in [4.69, 9.17) is 14.2 Å². The van der Waals surface area contributed by atoms with Gasteiger partial charge >= 0.3 is 6.03 Å². The highest BCUT2D eigenvalue weighted by atomic mass is 19.1. The van der Waals surface area contributed by atoms with Crippen LogP contribution in [0.4, 0.5) is 9.18 Å². The highest BCUT2D eigenvalue weighted by molar-refractivity contribution is 5.94. The Labute approximate surface area is 174 Å². The van der Waals surface area contributed by atoms with Crippen molar-refractivity contribution in [1.82, 2.24) is 10.2 Å². The van der Waals surface area contributed by atoms with Crippen LogP contribution in [0.5, 0.6) is 11.5 Å². The predicted molar refractivity (Wildman–Crippen MR) is 108 cm³/mol. The van der Waals surface area contributed by atoms with Gasteiger partial charge in [-0.2, -0.15) is 0 Å². The normalized spacial score (nSPS) is 16.1. The molecule has 0 radical (unpaired) electrons. The van der Waals surface area contributed by atoms with E-state index < -0.39 is 5.82 Å². The molecular weight excluding hydrogens is 391 g/mol. The molecule has 1 fully saturated rings. The van der Waals surface area contributed by atoms with Crippen molar-refractivity contribution in [2.75, 3.05) is 33.4 Å². The molecule has 0 spiro atoms. The lowest BCUT2D eigenvalue weighted by Crippen LogP contribution is -2.50. The second-order valence-electron chi connectivity index (χ2n) is 6.95. The van der Waals surface area contributed by atoms with Crippen molar-refractivity contribution < 1.29 is 28.2 Å². The third kappa shape index (κ3) is 5.70. The van der Waals surface area contributed by atoms with Crippen molar-refractivity contribution >= 4 is 11.8 Å². The van der Waals surface area contributed by atoms with Gasteiger partial charge in [-0.05, 0) is 36.8 Å². The molecule has 0 bridgehead atoms. The van der Waals surface area contributed by atoms with Crippen LogP contribution in [0.1, 0.15) is 22.8 Å². The van der Waals surface area contributed by atoms with Gasteiger partial charge in [-0.3, -0.25) is 4.79 Å². The summed E-state index contributed by atoms with van der Waals surface area (Å²) in [5.41, 5.74) is 0.990. The van der Waals surface area contributed by atoms with Crippen molar-refractivity contribution in [2.24, 2.45) is 0 Å². The summed E-state index contributed by atoms with van der Waals surface area (Å²) in [6.45, 7) is 3.12. The van der Waals surface area contributed by atoms with Gasteiger partial charge in [-0.25, -0.2) is 9.18 Å². The number of halogens is 1. The molecule has 2 aromatic rings. The van der Waals surface area contributed by atoms with Crippen LogP contribution in [0.2, 0.25) is 0 Å². The van der Waals surface area contributed by atoms with E-state index in [1.807, 2.05) is 24.3 Å². The van der Waals surface area contributed by atoms with E-state index in [0.717, 1.165) is 11.3 Å². The van der Waals surface area contributed by atoms with Gasteiger partial charge in [0.1, 0.15) is 30.0 Å². The minimum Gasteiger partial charge on any atom is -0.497 e. The third-order valence-electron chi connectivity index (χ3n) is 4.78. The predicted octanol–water partition coefficient (Wildman–Crippen LogP) is 3.03. The Morgan fingerprint density at radius 1 is 1.20 bits per heavy atom. The number of nitrogens with zero attached hydrogens (tertiary/aromatic N) is 1. The Kier molecular flexibility index (Phi) is 7.24. The average molecular weight is 416 g/mol. The molecule has 2 amide bonds. The summed E-state index contributed by atoms with van der Waals surface area (Å²) < 4.78 is 30.3. The van der Waals surface area contributed by atoms with Crippen molar-refractivity contribution in [1.29, 1.82) is 0 Å². The van der Waals surface area contributed by atoms with Crippen LogP contribution in [0, 0.1) is 5.82 Å². The number of benzene rings is 2. The van der Waals surface area contributed by atoms with Gasteiger partial charge in [0.25, 0.3) is 0 Å². The fourth-order valence-electron chi connectivity index (χ4n) is 3.10. The first-order valence-corrected chi connectivity index (χ1v) is 9.67. The zero-order valence-corrected chi connectivity index (χ0v) is 17.0. The van der Waals surface area contributed by atoms with Crippen molar-refractivity contribution in [3.8, 4) is 11.5 Å².